The Morgan fingerprint density at radius 3 is 2.65 bits per heavy atom. The number of anilines is 1. The molecule has 1 aromatic heterocycles. The molecular weight excluding hydrogens is 390 g/mol. The van der Waals surface area contributed by atoms with Gasteiger partial charge in [-0.1, -0.05) is 0 Å². The third-order valence-corrected chi connectivity index (χ3v) is 5.84. The highest BCUT2D eigenvalue weighted by molar-refractivity contribution is 6.05. The van der Waals surface area contributed by atoms with Gasteiger partial charge >= 0.3 is 0 Å². The van der Waals surface area contributed by atoms with Gasteiger partial charge in [-0.05, 0) is 75.9 Å². The molecule has 0 atom stereocenters. The minimum atomic E-state index is -0.185. The number of furan rings is 1. The second-order valence-corrected chi connectivity index (χ2v) is 7.94. The van der Waals surface area contributed by atoms with Gasteiger partial charge in [0.2, 0.25) is 5.91 Å². The quantitative estimate of drug-likeness (QED) is 0.493. The predicted octanol–water partition coefficient (Wildman–Crippen LogP) is 6.07. The highest BCUT2D eigenvalue weighted by Gasteiger charge is 2.23. The van der Waals surface area contributed by atoms with Crippen LogP contribution in [0.3, 0.4) is 0 Å². The van der Waals surface area contributed by atoms with E-state index in [9.17, 15) is 4.79 Å². The molecule has 5 heteroatoms. The number of fused-ring (bicyclic) bond motifs is 3. The third kappa shape index (κ3) is 4.18. The van der Waals surface area contributed by atoms with Crippen LogP contribution in [0.5, 0.6) is 11.5 Å². The molecule has 0 saturated carbocycles. The van der Waals surface area contributed by atoms with Crippen LogP contribution in [-0.2, 0) is 17.6 Å². The molecule has 0 bridgehead atoms. The van der Waals surface area contributed by atoms with Crippen molar-refractivity contribution < 1.29 is 18.7 Å². The van der Waals surface area contributed by atoms with E-state index in [-0.39, 0.29) is 5.91 Å². The number of allylic oxidation sites excluding steroid dienone is 1. The third-order valence-electron chi connectivity index (χ3n) is 5.84. The number of nitrogens with one attached hydrogen (secondary N) is 1. The number of carbonyl (C=O) groups is 1. The number of hydrogen-bond acceptors (Lipinski definition) is 4. The lowest BCUT2D eigenvalue weighted by Crippen LogP contribution is -2.08. The van der Waals surface area contributed by atoms with Crippen LogP contribution in [0.25, 0.3) is 16.5 Å². The van der Waals surface area contributed by atoms with Crippen molar-refractivity contribution in [3.05, 3.63) is 58.9 Å². The van der Waals surface area contributed by atoms with Crippen molar-refractivity contribution in [1.29, 1.82) is 0 Å². The van der Waals surface area contributed by atoms with Crippen LogP contribution in [0.4, 0.5) is 5.69 Å². The average molecular weight is 420 g/mol. The molecule has 31 heavy (non-hydrogen) atoms. The summed E-state index contributed by atoms with van der Waals surface area (Å²) < 4.78 is 17.4. The summed E-state index contributed by atoms with van der Waals surface area (Å²) in [6, 6.07) is 9.47. The monoisotopic (exact) mass is 419 g/mol. The van der Waals surface area contributed by atoms with E-state index in [1.807, 2.05) is 45.0 Å². The molecule has 0 radical (unpaired) electrons. The van der Waals surface area contributed by atoms with E-state index >= 15 is 0 Å². The molecule has 1 aliphatic carbocycles. The highest BCUT2D eigenvalue weighted by atomic mass is 16.5. The molecule has 1 amide bonds. The number of rotatable bonds is 6. The van der Waals surface area contributed by atoms with Gasteiger partial charge in [0.05, 0.1) is 13.7 Å². The maximum Gasteiger partial charge on any atom is 0.248 e. The summed E-state index contributed by atoms with van der Waals surface area (Å²) in [5.41, 5.74) is 5.67. The van der Waals surface area contributed by atoms with Crippen LogP contribution < -0.4 is 14.8 Å². The average Bonchev–Trinajstić information content (AvgIpc) is 3.14. The molecule has 1 heterocycles. The predicted molar refractivity (Wildman–Crippen MR) is 124 cm³/mol. The standard InChI is InChI=1S/C26H29NO4/c1-5-30-19-12-10-18(11-13-19)27-24(28)14-16(2)21-15-22-20-8-6-7-9-23(20)31-26(22)17(3)25(21)29-4/h10-15H,5-9H2,1-4H3,(H,27,28)/b16-14+. The van der Waals surface area contributed by atoms with Crippen molar-refractivity contribution in [2.45, 2.75) is 46.5 Å². The van der Waals surface area contributed by atoms with Gasteiger partial charge in [-0.15, -0.1) is 0 Å². The second-order valence-electron chi connectivity index (χ2n) is 7.94. The Bertz CT molecular complexity index is 1140. The zero-order valence-electron chi connectivity index (χ0n) is 18.6. The number of hydrogen-bond donors (Lipinski definition) is 1. The fraction of sp³-hybridized carbons (Fsp3) is 0.346. The minimum Gasteiger partial charge on any atom is -0.496 e. The molecule has 4 rings (SSSR count). The molecule has 0 fully saturated rings. The first-order valence-corrected chi connectivity index (χ1v) is 10.9. The Kier molecular flexibility index (Phi) is 6.03. The van der Waals surface area contributed by atoms with Crippen molar-refractivity contribution in [2.24, 2.45) is 0 Å². The SMILES string of the molecule is CCOc1ccc(NC(=O)/C=C(\C)c2cc3c4c(oc3c(C)c2OC)CCCC4)cc1. The number of ether oxygens (including phenoxy) is 2. The number of benzene rings is 2. The lowest BCUT2D eigenvalue weighted by atomic mass is 9.93. The molecule has 0 unspecified atom stereocenters. The van der Waals surface area contributed by atoms with E-state index in [2.05, 4.69) is 11.4 Å². The van der Waals surface area contributed by atoms with Crippen LogP contribution in [0, 0.1) is 6.92 Å². The highest BCUT2D eigenvalue weighted by Crippen LogP contribution is 2.41. The summed E-state index contributed by atoms with van der Waals surface area (Å²) >= 11 is 0. The van der Waals surface area contributed by atoms with Crippen LogP contribution >= 0.6 is 0 Å². The van der Waals surface area contributed by atoms with Gasteiger partial charge in [0.1, 0.15) is 22.8 Å². The van der Waals surface area contributed by atoms with E-state index in [1.165, 1.54) is 18.4 Å². The van der Waals surface area contributed by atoms with E-state index in [0.717, 1.165) is 63.5 Å². The Morgan fingerprint density at radius 2 is 1.94 bits per heavy atom. The minimum absolute atomic E-state index is 0.185. The number of amides is 1. The van der Waals surface area contributed by atoms with E-state index in [4.69, 9.17) is 13.9 Å². The van der Waals surface area contributed by atoms with Gasteiger partial charge < -0.3 is 19.2 Å². The molecule has 0 saturated heterocycles. The lowest BCUT2D eigenvalue weighted by molar-refractivity contribution is -0.111. The molecular formula is C26H29NO4. The van der Waals surface area contributed by atoms with Gasteiger partial charge in [-0.2, -0.15) is 0 Å². The van der Waals surface area contributed by atoms with Gasteiger partial charge in [-0.3, -0.25) is 4.79 Å². The number of aryl methyl sites for hydroxylation is 3. The molecule has 5 nitrogen and oxygen atoms in total. The molecule has 1 aliphatic rings. The summed E-state index contributed by atoms with van der Waals surface area (Å²) in [6.45, 7) is 6.51. The first kappa shape index (κ1) is 21.0. The molecule has 0 aliphatic heterocycles. The summed E-state index contributed by atoms with van der Waals surface area (Å²) in [7, 11) is 1.66. The summed E-state index contributed by atoms with van der Waals surface area (Å²) in [5.74, 6) is 2.44. The first-order chi connectivity index (χ1) is 15.0. The fourth-order valence-corrected chi connectivity index (χ4v) is 4.35. The van der Waals surface area contributed by atoms with Crippen molar-refractivity contribution in [3.8, 4) is 11.5 Å². The molecule has 162 valence electrons. The van der Waals surface area contributed by atoms with Gasteiger partial charge in [0.25, 0.3) is 0 Å². The smallest absolute Gasteiger partial charge is 0.248 e. The number of carbonyl (C=O) groups excluding carboxylic acids is 1. The molecule has 0 spiro atoms. The largest absolute Gasteiger partial charge is 0.496 e. The van der Waals surface area contributed by atoms with Crippen molar-refractivity contribution in [1.82, 2.24) is 0 Å². The Balaban J connectivity index is 1.64. The zero-order chi connectivity index (χ0) is 22.0. The normalized spacial score (nSPS) is 13.7. The fourth-order valence-electron chi connectivity index (χ4n) is 4.35. The number of methoxy groups -OCH3 is 1. The maximum atomic E-state index is 12.7. The van der Waals surface area contributed by atoms with E-state index < -0.39 is 0 Å². The van der Waals surface area contributed by atoms with Crippen molar-refractivity contribution >= 4 is 28.1 Å². The summed E-state index contributed by atoms with van der Waals surface area (Å²) in [5, 5.41) is 4.06. The molecule has 2 aromatic carbocycles. The Morgan fingerprint density at radius 1 is 1.19 bits per heavy atom. The maximum absolute atomic E-state index is 12.7. The summed E-state index contributed by atoms with van der Waals surface area (Å²) in [6.07, 6.45) is 5.99. The van der Waals surface area contributed by atoms with Crippen LogP contribution in [0.2, 0.25) is 0 Å². The van der Waals surface area contributed by atoms with Crippen LogP contribution in [0.15, 0.2) is 40.8 Å². The first-order valence-electron chi connectivity index (χ1n) is 10.9. The van der Waals surface area contributed by atoms with E-state index in [1.54, 1.807) is 13.2 Å². The van der Waals surface area contributed by atoms with Gasteiger partial charge in [-0.25, -0.2) is 0 Å². The van der Waals surface area contributed by atoms with Crippen molar-refractivity contribution in [2.75, 3.05) is 19.0 Å². The summed E-state index contributed by atoms with van der Waals surface area (Å²) in [4.78, 5) is 12.7. The second kappa shape index (κ2) is 8.88. The van der Waals surface area contributed by atoms with Crippen molar-refractivity contribution in [3.63, 3.8) is 0 Å². The lowest BCUT2D eigenvalue weighted by Gasteiger charge is -2.13. The van der Waals surface area contributed by atoms with Gasteiger partial charge in [0.15, 0.2) is 0 Å². The zero-order valence-corrected chi connectivity index (χ0v) is 18.6. The Hall–Kier alpha value is -3.21. The van der Waals surface area contributed by atoms with Crippen LogP contribution in [-0.4, -0.2) is 19.6 Å². The van der Waals surface area contributed by atoms with Crippen LogP contribution in [0.1, 0.15) is 49.1 Å². The van der Waals surface area contributed by atoms with E-state index in [0.29, 0.717) is 6.61 Å². The molecule has 3 aromatic rings. The van der Waals surface area contributed by atoms with Gasteiger partial charge in [0, 0.05) is 40.3 Å². The molecule has 1 N–H and O–H groups in total. The Labute approximate surface area is 183 Å². The topological polar surface area (TPSA) is 60.7 Å².